The average Bonchev–Trinajstić information content (AvgIpc) is 2.17. The van der Waals surface area contributed by atoms with Gasteiger partial charge < -0.3 is 15.3 Å². The summed E-state index contributed by atoms with van der Waals surface area (Å²) in [6.45, 7) is 1.07. The van der Waals surface area contributed by atoms with Gasteiger partial charge in [0, 0.05) is 3.57 Å². The van der Waals surface area contributed by atoms with Crippen molar-refractivity contribution in [2.75, 3.05) is 0 Å². The van der Waals surface area contributed by atoms with Crippen LogP contribution in [0.2, 0.25) is 0 Å². The molecule has 2 atom stereocenters. The molecule has 0 saturated carbocycles. The van der Waals surface area contributed by atoms with E-state index in [9.17, 15) is 15.0 Å². The lowest BCUT2D eigenvalue weighted by Crippen LogP contribution is -2.41. The van der Waals surface area contributed by atoms with Crippen molar-refractivity contribution < 1.29 is 20.1 Å². The number of aliphatic carboxylic acids is 1. The van der Waals surface area contributed by atoms with Gasteiger partial charge in [0.1, 0.15) is 6.10 Å². The van der Waals surface area contributed by atoms with Crippen molar-refractivity contribution in [2.24, 2.45) is 0 Å². The van der Waals surface area contributed by atoms with Crippen LogP contribution in [0.5, 0.6) is 0 Å². The van der Waals surface area contributed by atoms with Crippen LogP contribution in [0.4, 0.5) is 0 Å². The number of hydrogen-bond donors (Lipinski definition) is 3. The monoisotopic (exact) mass is 322 g/mol. The molecule has 82 valence electrons. The van der Waals surface area contributed by atoms with Crippen molar-refractivity contribution in [1.29, 1.82) is 0 Å². The van der Waals surface area contributed by atoms with Crippen LogP contribution in [0.15, 0.2) is 24.3 Å². The highest BCUT2D eigenvalue weighted by Gasteiger charge is 2.40. The van der Waals surface area contributed by atoms with Gasteiger partial charge in [-0.2, -0.15) is 0 Å². The van der Waals surface area contributed by atoms with Gasteiger partial charge in [0.2, 0.25) is 0 Å². The minimum absolute atomic E-state index is 0.408. The second-order valence-electron chi connectivity index (χ2n) is 3.38. The zero-order valence-corrected chi connectivity index (χ0v) is 10.2. The van der Waals surface area contributed by atoms with Gasteiger partial charge in [-0.1, -0.05) is 18.2 Å². The van der Waals surface area contributed by atoms with Crippen molar-refractivity contribution in [3.05, 3.63) is 33.4 Å². The largest absolute Gasteiger partial charge is 0.479 e. The smallest absolute Gasteiger partial charge is 0.338 e. The minimum atomic E-state index is -2.18. The summed E-state index contributed by atoms with van der Waals surface area (Å²) >= 11 is 1.97. The molecule has 0 saturated heterocycles. The Morgan fingerprint density at radius 1 is 1.47 bits per heavy atom. The fourth-order valence-electron chi connectivity index (χ4n) is 1.12. The van der Waals surface area contributed by atoms with Crippen molar-refractivity contribution in [3.63, 3.8) is 0 Å². The Morgan fingerprint density at radius 2 is 2.00 bits per heavy atom. The molecule has 15 heavy (non-hydrogen) atoms. The Hall–Kier alpha value is -0.660. The van der Waals surface area contributed by atoms with Gasteiger partial charge in [0.15, 0.2) is 5.60 Å². The predicted molar refractivity (Wildman–Crippen MR) is 62.4 cm³/mol. The van der Waals surface area contributed by atoms with Crippen molar-refractivity contribution in [3.8, 4) is 0 Å². The third-order valence-electron chi connectivity index (χ3n) is 2.17. The van der Waals surface area contributed by atoms with E-state index in [1.54, 1.807) is 24.3 Å². The van der Waals surface area contributed by atoms with E-state index in [2.05, 4.69) is 0 Å². The molecule has 0 aliphatic carbocycles. The lowest BCUT2D eigenvalue weighted by molar-refractivity contribution is -0.169. The van der Waals surface area contributed by atoms with Crippen molar-refractivity contribution >= 4 is 28.6 Å². The lowest BCUT2D eigenvalue weighted by Gasteiger charge is -2.25. The second kappa shape index (κ2) is 4.46. The molecule has 0 spiro atoms. The highest BCUT2D eigenvalue weighted by Crippen LogP contribution is 2.29. The summed E-state index contributed by atoms with van der Waals surface area (Å²) in [5.74, 6) is -1.45. The first-order valence-electron chi connectivity index (χ1n) is 4.25. The molecule has 1 aromatic rings. The molecule has 0 aliphatic rings. The van der Waals surface area contributed by atoms with Gasteiger partial charge in [0.05, 0.1) is 0 Å². The highest BCUT2D eigenvalue weighted by molar-refractivity contribution is 14.1. The molecular weight excluding hydrogens is 311 g/mol. The number of aliphatic hydroxyl groups is 2. The summed E-state index contributed by atoms with van der Waals surface area (Å²) < 4.78 is 0.712. The van der Waals surface area contributed by atoms with E-state index in [1.807, 2.05) is 22.6 Å². The van der Waals surface area contributed by atoms with Crippen LogP contribution in [0.25, 0.3) is 0 Å². The maximum atomic E-state index is 10.7. The SMILES string of the molecule is C[C@@](O)(C(=O)O)[C@H](O)c1ccccc1I. The molecular formula is C10H11IO4. The minimum Gasteiger partial charge on any atom is -0.479 e. The zero-order valence-electron chi connectivity index (χ0n) is 8.01. The van der Waals surface area contributed by atoms with E-state index in [0.29, 0.717) is 9.13 Å². The Balaban J connectivity index is 3.10. The molecule has 0 heterocycles. The Bertz CT molecular complexity index is 375. The van der Waals surface area contributed by atoms with Crippen LogP contribution in [0, 0.1) is 3.57 Å². The summed E-state index contributed by atoms with van der Waals surface area (Å²) in [5, 5.41) is 28.1. The van der Waals surface area contributed by atoms with Crippen LogP contribution < -0.4 is 0 Å². The molecule has 3 N–H and O–H groups in total. The molecule has 0 fully saturated rings. The number of benzene rings is 1. The van der Waals surface area contributed by atoms with Crippen LogP contribution in [0.3, 0.4) is 0 Å². The summed E-state index contributed by atoms with van der Waals surface area (Å²) in [4.78, 5) is 10.7. The third-order valence-corrected chi connectivity index (χ3v) is 3.15. The van der Waals surface area contributed by atoms with E-state index in [0.717, 1.165) is 6.92 Å². The molecule has 0 aliphatic heterocycles. The lowest BCUT2D eigenvalue weighted by atomic mass is 9.93. The topological polar surface area (TPSA) is 77.8 Å². The Labute approximate surface area is 101 Å². The number of carboxylic acids is 1. The van der Waals surface area contributed by atoms with E-state index in [-0.39, 0.29) is 0 Å². The molecule has 1 aromatic carbocycles. The second-order valence-corrected chi connectivity index (χ2v) is 4.54. The molecule has 1 rings (SSSR count). The van der Waals surface area contributed by atoms with E-state index >= 15 is 0 Å². The fraction of sp³-hybridized carbons (Fsp3) is 0.300. The predicted octanol–water partition coefficient (Wildman–Crippen LogP) is 1.16. The molecule has 4 nitrogen and oxygen atoms in total. The number of carboxylic acid groups (broad SMARTS) is 1. The van der Waals surface area contributed by atoms with E-state index in [1.165, 1.54) is 0 Å². The standard InChI is InChI=1S/C10H11IO4/c1-10(15,9(13)14)8(12)6-4-2-3-5-7(6)11/h2-5,8,12,15H,1H3,(H,13,14)/t8-,10+/m1/s1. The average molecular weight is 322 g/mol. The maximum Gasteiger partial charge on any atom is 0.338 e. The number of aliphatic hydroxyl groups excluding tert-OH is 1. The third kappa shape index (κ3) is 2.47. The quantitative estimate of drug-likeness (QED) is 0.730. The summed E-state index contributed by atoms with van der Waals surface area (Å²) in [6, 6.07) is 6.77. The number of rotatable bonds is 3. The normalized spacial score (nSPS) is 16.8. The molecule has 0 aromatic heterocycles. The first-order chi connectivity index (χ1) is 6.87. The first kappa shape index (κ1) is 12.4. The van der Waals surface area contributed by atoms with E-state index in [4.69, 9.17) is 5.11 Å². The van der Waals surface area contributed by atoms with Gasteiger partial charge >= 0.3 is 5.97 Å². The zero-order chi connectivity index (χ0) is 11.6. The summed E-state index contributed by atoms with van der Waals surface area (Å²) in [6.07, 6.45) is -1.44. The summed E-state index contributed by atoms with van der Waals surface area (Å²) in [5.41, 5.74) is -1.77. The Kier molecular flexibility index (Phi) is 3.69. The van der Waals surface area contributed by atoms with Crippen molar-refractivity contribution in [2.45, 2.75) is 18.6 Å². The maximum absolute atomic E-state index is 10.7. The van der Waals surface area contributed by atoms with Gasteiger partial charge in [-0.15, -0.1) is 0 Å². The first-order valence-corrected chi connectivity index (χ1v) is 5.33. The van der Waals surface area contributed by atoms with Gasteiger partial charge in [-0.3, -0.25) is 0 Å². The fourth-order valence-corrected chi connectivity index (χ4v) is 1.80. The van der Waals surface area contributed by atoms with Crippen LogP contribution in [0.1, 0.15) is 18.6 Å². The molecule has 5 heteroatoms. The van der Waals surface area contributed by atoms with Crippen molar-refractivity contribution in [1.82, 2.24) is 0 Å². The molecule has 0 amide bonds. The molecule has 0 unspecified atom stereocenters. The van der Waals surface area contributed by atoms with Gasteiger partial charge in [0.25, 0.3) is 0 Å². The number of carbonyl (C=O) groups is 1. The number of hydrogen-bond acceptors (Lipinski definition) is 3. The van der Waals surface area contributed by atoms with Crippen LogP contribution in [-0.2, 0) is 4.79 Å². The summed E-state index contributed by atoms with van der Waals surface area (Å²) in [7, 11) is 0. The van der Waals surface area contributed by atoms with Crippen LogP contribution >= 0.6 is 22.6 Å². The number of halogens is 1. The van der Waals surface area contributed by atoms with E-state index < -0.39 is 17.7 Å². The van der Waals surface area contributed by atoms with Gasteiger partial charge in [-0.05, 0) is 41.1 Å². The highest BCUT2D eigenvalue weighted by atomic mass is 127. The molecule has 0 radical (unpaired) electrons. The van der Waals surface area contributed by atoms with Gasteiger partial charge in [-0.25, -0.2) is 4.79 Å². The Morgan fingerprint density at radius 3 is 2.47 bits per heavy atom. The van der Waals surface area contributed by atoms with Crippen LogP contribution in [-0.4, -0.2) is 26.9 Å². The molecule has 0 bridgehead atoms.